The molecule has 0 saturated carbocycles. The van der Waals surface area contributed by atoms with Gasteiger partial charge in [0.25, 0.3) is 0 Å². The normalized spacial score (nSPS) is 11.6. The topological polar surface area (TPSA) is 44.8 Å². The molecule has 2 aromatic carbocycles. The molecule has 4 heteroatoms. The summed E-state index contributed by atoms with van der Waals surface area (Å²) in [5.74, 6) is 3.05. The lowest BCUT2D eigenvalue weighted by Gasteiger charge is -2.23. The molecule has 0 amide bonds. The molecule has 33 heavy (non-hydrogen) atoms. The fourth-order valence-corrected chi connectivity index (χ4v) is 3.14. The first-order chi connectivity index (χ1) is 15.7. The third-order valence-corrected chi connectivity index (χ3v) is 4.83. The van der Waals surface area contributed by atoms with Gasteiger partial charge >= 0.3 is 0 Å². The van der Waals surface area contributed by atoms with Gasteiger partial charge in [0.15, 0.2) is 17.3 Å². The SMILES string of the molecule is CCc1cc(/C=C/C(=O)c2ccccc2)c(OCC(C)C)c(OCC(C)C)c1OCC(C)C. The average molecular weight is 453 g/mol. The number of ketones is 1. The van der Waals surface area contributed by atoms with Crippen molar-refractivity contribution in [2.24, 2.45) is 17.8 Å². The molecule has 180 valence electrons. The van der Waals surface area contributed by atoms with Crippen molar-refractivity contribution in [2.75, 3.05) is 19.8 Å². The van der Waals surface area contributed by atoms with E-state index in [1.807, 2.05) is 36.4 Å². The molecular weight excluding hydrogens is 412 g/mol. The molecule has 0 aliphatic rings. The van der Waals surface area contributed by atoms with Crippen molar-refractivity contribution in [1.29, 1.82) is 0 Å². The maximum Gasteiger partial charge on any atom is 0.204 e. The van der Waals surface area contributed by atoms with Crippen LogP contribution in [-0.4, -0.2) is 25.6 Å². The zero-order valence-corrected chi connectivity index (χ0v) is 21.3. The van der Waals surface area contributed by atoms with Gasteiger partial charge in [-0.25, -0.2) is 0 Å². The van der Waals surface area contributed by atoms with Crippen molar-refractivity contribution < 1.29 is 19.0 Å². The van der Waals surface area contributed by atoms with Gasteiger partial charge in [-0.1, -0.05) is 78.8 Å². The van der Waals surface area contributed by atoms with E-state index < -0.39 is 0 Å². The molecule has 0 saturated heterocycles. The van der Waals surface area contributed by atoms with Crippen molar-refractivity contribution in [2.45, 2.75) is 54.9 Å². The van der Waals surface area contributed by atoms with Gasteiger partial charge in [-0.05, 0) is 48.0 Å². The molecule has 0 heterocycles. The van der Waals surface area contributed by atoms with E-state index >= 15 is 0 Å². The molecular formula is C29H40O4. The Morgan fingerprint density at radius 3 is 1.82 bits per heavy atom. The van der Waals surface area contributed by atoms with E-state index in [4.69, 9.17) is 14.2 Å². The number of rotatable bonds is 13. The standard InChI is InChI=1S/C29H40O4/c1-8-23-16-25(14-15-26(30)24-12-10-9-11-13-24)28(32-18-21(4)5)29(33-19-22(6)7)27(23)31-17-20(2)3/h9-16,20-22H,8,17-19H2,1-7H3/b15-14+. The van der Waals surface area contributed by atoms with Gasteiger partial charge in [-0.15, -0.1) is 0 Å². The second kappa shape index (κ2) is 13.1. The number of aryl methyl sites for hydroxylation is 1. The fraction of sp³-hybridized carbons (Fsp3) is 0.483. The Morgan fingerprint density at radius 2 is 1.30 bits per heavy atom. The Hall–Kier alpha value is -2.75. The minimum Gasteiger partial charge on any atom is -0.489 e. The lowest BCUT2D eigenvalue weighted by molar-refractivity contribution is 0.104. The molecule has 0 fully saturated rings. The van der Waals surface area contributed by atoms with Crippen LogP contribution in [0.4, 0.5) is 0 Å². The lowest BCUT2D eigenvalue weighted by atomic mass is 10.0. The van der Waals surface area contributed by atoms with Crippen molar-refractivity contribution in [3.63, 3.8) is 0 Å². The first-order valence-corrected chi connectivity index (χ1v) is 12.1. The summed E-state index contributed by atoms with van der Waals surface area (Å²) in [5, 5.41) is 0. The Kier molecular flexibility index (Phi) is 10.5. The first-order valence-electron chi connectivity index (χ1n) is 12.1. The highest BCUT2D eigenvalue weighted by Gasteiger charge is 2.22. The van der Waals surface area contributed by atoms with Gasteiger partial charge in [0, 0.05) is 11.1 Å². The number of carbonyl (C=O) groups excluding carboxylic acids is 1. The van der Waals surface area contributed by atoms with Crippen molar-refractivity contribution in [1.82, 2.24) is 0 Å². The van der Waals surface area contributed by atoms with Crippen LogP contribution in [0.1, 0.15) is 70.0 Å². The maximum absolute atomic E-state index is 12.7. The Morgan fingerprint density at radius 1 is 0.788 bits per heavy atom. The van der Waals surface area contributed by atoms with E-state index in [1.165, 1.54) is 0 Å². The summed E-state index contributed by atoms with van der Waals surface area (Å²) in [6, 6.07) is 11.3. The molecule has 0 aliphatic carbocycles. The highest BCUT2D eigenvalue weighted by molar-refractivity contribution is 6.07. The fourth-order valence-electron chi connectivity index (χ4n) is 3.14. The third kappa shape index (κ3) is 8.27. The predicted octanol–water partition coefficient (Wildman–Crippen LogP) is 7.25. The molecule has 0 radical (unpaired) electrons. The minimum absolute atomic E-state index is 0.0479. The summed E-state index contributed by atoms with van der Waals surface area (Å²) in [5.41, 5.74) is 2.52. The molecule has 0 bridgehead atoms. The molecule has 2 rings (SSSR count). The van der Waals surface area contributed by atoms with Gasteiger partial charge in [-0.2, -0.15) is 0 Å². The Balaban J connectivity index is 2.58. The van der Waals surface area contributed by atoms with Crippen LogP contribution >= 0.6 is 0 Å². The summed E-state index contributed by atoms with van der Waals surface area (Å²) in [4.78, 5) is 12.7. The van der Waals surface area contributed by atoms with Gasteiger partial charge in [0.05, 0.1) is 19.8 Å². The van der Waals surface area contributed by atoms with Crippen LogP contribution in [0.5, 0.6) is 17.2 Å². The molecule has 0 N–H and O–H groups in total. The molecule has 0 aromatic heterocycles. The average Bonchev–Trinajstić information content (AvgIpc) is 2.78. The van der Waals surface area contributed by atoms with Gasteiger partial charge in [-0.3, -0.25) is 4.79 Å². The molecule has 0 aliphatic heterocycles. The van der Waals surface area contributed by atoms with E-state index in [0.29, 0.717) is 54.6 Å². The molecule has 0 spiro atoms. The highest BCUT2D eigenvalue weighted by Crippen LogP contribution is 2.45. The second-order valence-corrected chi connectivity index (χ2v) is 9.64. The van der Waals surface area contributed by atoms with Crippen molar-refractivity contribution >= 4 is 11.9 Å². The van der Waals surface area contributed by atoms with Gasteiger partial charge in [0.2, 0.25) is 5.75 Å². The van der Waals surface area contributed by atoms with Crippen LogP contribution in [0.25, 0.3) is 6.08 Å². The smallest absolute Gasteiger partial charge is 0.204 e. The zero-order valence-electron chi connectivity index (χ0n) is 21.3. The van der Waals surface area contributed by atoms with Crippen LogP contribution in [0.15, 0.2) is 42.5 Å². The highest BCUT2D eigenvalue weighted by atomic mass is 16.5. The lowest BCUT2D eigenvalue weighted by Crippen LogP contribution is -2.13. The summed E-state index contributed by atoms with van der Waals surface area (Å²) >= 11 is 0. The largest absolute Gasteiger partial charge is 0.489 e. The number of hydrogen-bond acceptors (Lipinski definition) is 4. The van der Waals surface area contributed by atoms with Crippen LogP contribution in [-0.2, 0) is 6.42 Å². The summed E-state index contributed by atoms with van der Waals surface area (Å²) in [6.07, 6.45) is 4.22. The van der Waals surface area contributed by atoms with Crippen LogP contribution in [0.2, 0.25) is 0 Å². The van der Waals surface area contributed by atoms with Crippen molar-refractivity contribution in [3.05, 3.63) is 59.2 Å². The number of hydrogen-bond donors (Lipinski definition) is 0. The monoisotopic (exact) mass is 452 g/mol. The van der Waals surface area contributed by atoms with Crippen LogP contribution in [0.3, 0.4) is 0 Å². The molecule has 2 aromatic rings. The van der Waals surface area contributed by atoms with E-state index in [2.05, 4.69) is 54.5 Å². The maximum atomic E-state index is 12.7. The van der Waals surface area contributed by atoms with Crippen LogP contribution < -0.4 is 14.2 Å². The number of carbonyl (C=O) groups is 1. The van der Waals surface area contributed by atoms with E-state index in [0.717, 1.165) is 23.3 Å². The summed E-state index contributed by atoms with van der Waals surface area (Å²) in [7, 11) is 0. The summed E-state index contributed by atoms with van der Waals surface area (Å²) in [6.45, 7) is 16.5. The van der Waals surface area contributed by atoms with E-state index in [9.17, 15) is 4.79 Å². The first kappa shape index (κ1) is 26.5. The minimum atomic E-state index is -0.0479. The molecule has 0 atom stereocenters. The van der Waals surface area contributed by atoms with Gasteiger partial charge in [0.1, 0.15) is 0 Å². The second-order valence-electron chi connectivity index (χ2n) is 9.64. The third-order valence-electron chi connectivity index (χ3n) is 4.83. The number of allylic oxidation sites excluding steroid dienone is 1. The van der Waals surface area contributed by atoms with Gasteiger partial charge < -0.3 is 14.2 Å². The van der Waals surface area contributed by atoms with Crippen molar-refractivity contribution in [3.8, 4) is 17.2 Å². The molecule has 4 nitrogen and oxygen atoms in total. The molecule has 0 unspecified atom stereocenters. The number of benzene rings is 2. The van der Waals surface area contributed by atoms with Crippen LogP contribution in [0, 0.1) is 17.8 Å². The predicted molar refractivity (Wildman–Crippen MR) is 137 cm³/mol. The quantitative estimate of drug-likeness (QED) is 0.237. The summed E-state index contributed by atoms with van der Waals surface area (Å²) < 4.78 is 18.8. The van der Waals surface area contributed by atoms with E-state index in [1.54, 1.807) is 6.08 Å². The van der Waals surface area contributed by atoms with E-state index in [-0.39, 0.29) is 5.78 Å². The number of ether oxygens (including phenoxy) is 3. The Bertz CT molecular complexity index is 911. The zero-order chi connectivity index (χ0) is 24.4. The Labute approximate surface area is 200 Å².